The van der Waals surface area contributed by atoms with Gasteiger partial charge in [-0.15, -0.1) is 11.8 Å². The average Bonchev–Trinajstić information content (AvgIpc) is 3.21. The van der Waals surface area contributed by atoms with Crippen molar-refractivity contribution in [3.05, 3.63) is 106 Å². The highest BCUT2D eigenvalue weighted by molar-refractivity contribution is 8.00. The number of rotatable bonds is 9. The van der Waals surface area contributed by atoms with Crippen LogP contribution in [-0.4, -0.2) is 34.8 Å². The fourth-order valence-electron chi connectivity index (χ4n) is 3.78. The first-order chi connectivity index (χ1) is 16.5. The van der Waals surface area contributed by atoms with Crippen molar-refractivity contribution in [2.75, 3.05) is 18.1 Å². The van der Waals surface area contributed by atoms with Gasteiger partial charge in [0, 0.05) is 35.2 Å². The van der Waals surface area contributed by atoms with Crippen LogP contribution in [0.25, 0.3) is 0 Å². The minimum Gasteiger partial charge on any atom is -0.351 e. The van der Waals surface area contributed by atoms with Crippen LogP contribution in [0, 0.1) is 6.92 Å². The second-order valence-electron chi connectivity index (χ2n) is 8.17. The number of nitrogens with one attached hydrogen (secondary N) is 1. The number of aryl methyl sites for hydroxylation is 1. The molecule has 4 nitrogen and oxygen atoms in total. The highest BCUT2D eigenvalue weighted by atomic mass is 35.5. The zero-order valence-electron chi connectivity index (χ0n) is 19.0. The molecule has 3 aromatic rings. The summed E-state index contributed by atoms with van der Waals surface area (Å²) in [5.74, 6) is 2.31. The van der Waals surface area contributed by atoms with Gasteiger partial charge in [0.25, 0.3) is 5.91 Å². The lowest BCUT2D eigenvalue weighted by Gasteiger charge is -2.24. The summed E-state index contributed by atoms with van der Waals surface area (Å²) in [5, 5.41) is 3.63. The molecule has 34 heavy (non-hydrogen) atoms. The number of thioether (sulfide) groups is 2. The molecule has 0 radical (unpaired) electrons. The van der Waals surface area contributed by atoms with Gasteiger partial charge in [0.05, 0.1) is 5.75 Å². The summed E-state index contributed by atoms with van der Waals surface area (Å²) in [5.41, 5.74) is 5.33. The Morgan fingerprint density at radius 1 is 1.09 bits per heavy atom. The monoisotopic (exact) mass is 510 g/mol. The van der Waals surface area contributed by atoms with Gasteiger partial charge in [-0.1, -0.05) is 60.1 Å². The Kier molecular flexibility index (Phi) is 8.59. The lowest BCUT2D eigenvalue weighted by Crippen LogP contribution is -2.28. The minimum atomic E-state index is -0.0730. The molecule has 0 unspecified atom stereocenters. The summed E-state index contributed by atoms with van der Waals surface area (Å²) in [4.78, 5) is 26.9. The second kappa shape index (κ2) is 11.8. The molecule has 3 aromatic carbocycles. The van der Waals surface area contributed by atoms with Crippen LogP contribution in [0.4, 0.5) is 0 Å². The molecule has 7 heteroatoms. The molecule has 2 amide bonds. The van der Waals surface area contributed by atoms with Crippen LogP contribution < -0.4 is 5.32 Å². The van der Waals surface area contributed by atoms with Crippen molar-refractivity contribution in [2.45, 2.75) is 24.6 Å². The van der Waals surface area contributed by atoms with Gasteiger partial charge in [0.2, 0.25) is 5.91 Å². The number of amides is 2. The van der Waals surface area contributed by atoms with Gasteiger partial charge in [-0.3, -0.25) is 9.59 Å². The van der Waals surface area contributed by atoms with E-state index in [1.54, 1.807) is 11.8 Å². The zero-order valence-corrected chi connectivity index (χ0v) is 21.4. The molecule has 0 spiro atoms. The van der Waals surface area contributed by atoms with Crippen LogP contribution in [0.15, 0.2) is 72.8 Å². The maximum absolute atomic E-state index is 12.5. The van der Waals surface area contributed by atoms with Crippen molar-refractivity contribution in [1.82, 2.24) is 10.2 Å². The van der Waals surface area contributed by atoms with Crippen molar-refractivity contribution in [2.24, 2.45) is 0 Å². The van der Waals surface area contributed by atoms with E-state index >= 15 is 0 Å². The highest BCUT2D eigenvalue weighted by Gasteiger charge is 2.32. The summed E-state index contributed by atoms with van der Waals surface area (Å²) in [6.45, 7) is 3.29. The molecule has 0 aromatic heterocycles. The molecule has 1 aliphatic heterocycles. The molecule has 4 rings (SSSR count). The highest BCUT2D eigenvalue weighted by Crippen LogP contribution is 2.39. The molecular weight excluding hydrogens is 484 g/mol. The average molecular weight is 511 g/mol. The topological polar surface area (TPSA) is 49.4 Å². The molecule has 0 aliphatic carbocycles. The van der Waals surface area contributed by atoms with Crippen LogP contribution in [-0.2, 0) is 17.1 Å². The van der Waals surface area contributed by atoms with Crippen molar-refractivity contribution in [3.63, 3.8) is 0 Å². The van der Waals surface area contributed by atoms with E-state index < -0.39 is 0 Å². The quantitative estimate of drug-likeness (QED) is 0.354. The minimum absolute atomic E-state index is 0.0573. The Morgan fingerprint density at radius 2 is 1.82 bits per heavy atom. The SMILES string of the molecule is Cc1ccccc1CSCCNC(=O)c1ccc([C@@H]2SCC(=O)N2Cc2ccc(Cl)cc2)cc1. The lowest BCUT2D eigenvalue weighted by molar-refractivity contribution is -0.128. The van der Waals surface area contributed by atoms with E-state index in [1.165, 1.54) is 11.1 Å². The largest absolute Gasteiger partial charge is 0.351 e. The Labute approximate surface area is 214 Å². The van der Waals surface area contributed by atoms with Crippen molar-refractivity contribution >= 4 is 46.9 Å². The lowest BCUT2D eigenvalue weighted by atomic mass is 10.1. The van der Waals surface area contributed by atoms with E-state index in [0.29, 0.717) is 29.4 Å². The molecule has 0 saturated carbocycles. The maximum atomic E-state index is 12.5. The molecule has 1 aliphatic rings. The third-order valence-electron chi connectivity index (χ3n) is 5.74. The van der Waals surface area contributed by atoms with Crippen LogP contribution in [0.1, 0.15) is 38.0 Å². The number of hydrogen-bond acceptors (Lipinski definition) is 4. The Hall–Kier alpha value is -2.41. The number of hydrogen-bond donors (Lipinski definition) is 1. The van der Waals surface area contributed by atoms with Crippen LogP contribution in [0.2, 0.25) is 5.02 Å². The van der Waals surface area contributed by atoms with Crippen LogP contribution in [0.5, 0.6) is 0 Å². The maximum Gasteiger partial charge on any atom is 0.251 e. The zero-order chi connectivity index (χ0) is 23.9. The smallest absolute Gasteiger partial charge is 0.251 e. The summed E-state index contributed by atoms with van der Waals surface area (Å²) in [7, 11) is 0. The number of carbonyl (C=O) groups is 2. The first-order valence-electron chi connectivity index (χ1n) is 11.2. The summed E-state index contributed by atoms with van der Waals surface area (Å²) < 4.78 is 0. The molecule has 1 fully saturated rings. The molecule has 1 atom stereocenters. The predicted octanol–water partition coefficient (Wildman–Crippen LogP) is 6.09. The standard InChI is InChI=1S/C27H27ClN2O2S2/c1-19-4-2-3-5-23(19)17-33-15-14-29-26(32)21-8-10-22(11-9-21)27-30(25(31)18-34-27)16-20-6-12-24(28)13-7-20/h2-13,27H,14-18H2,1H3,(H,29,32)/t27-/m0/s1. The first-order valence-corrected chi connectivity index (χ1v) is 13.8. The molecule has 176 valence electrons. The summed E-state index contributed by atoms with van der Waals surface area (Å²) in [6.07, 6.45) is 0. The fourth-order valence-corrected chi connectivity index (χ4v) is 6.03. The summed E-state index contributed by atoms with van der Waals surface area (Å²) in [6, 6.07) is 23.5. The first kappa shape index (κ1) is 24.7. The van der Waals surface area contributed by atoms with Crippen molar-refractivity contribution < 1.29 is 9.59 Å². The van der Waals surface area contributed by atoms with E-state index in [4.69, 9.17) is 11.6 Å². The number of benzene rings is 3. The van der Waals surface area contributed by atoms with E-state index in [2.05, 4.69) is 36.5 Å². The Balaban J connectivity index is 1.28. The van der Waals surface area contributed by atoms with Crippen LogP contribution in [0.3, 0.4) is 0 Å². The van der Waals surface area contributed by atoms with E-state index in [0.717, 1.165) is 22.6 Å². The van der Waals surface area contributed by atoms with Gasteiger partial charge in [-0.05, 0) is 53.4 Å². The van der Waals surface area contributed by atoms with E-state index in [1.807, 2.05) is 65.2 Å². The third kappa shape index (κ3) is 6.38. The van der Waals surface area contributed by atoms with Crippen molar-refractivity contribution in [1.29, 1.82) is 0 Å². The number of nitrogens with zero attached hydrogens (tertiary/aromatic N) is 1. The molecule has 1 N–H and O–H groups in total. The number of carbonyl (C=O) groups excluding carboxylic acids is 2. The van der Waals surface area contributed by atoms with Crippen LogP contribution >= 0.6 is 35.1 Å². The van der Waals surface area contributed by atoms with Gasteiger partial charge in [0.1, 0.15) is 5.37 Å². The normalized spacial score (nSPS) is 15.5. The van der Waals surface area contributed by atoms with Gasteiger partial charge >= 0.3 is 0 Å². The second-order valence-corrected chi connectivity index (χ2v) is 10.8. The summed E-state index contributed by atoms with van der Waals surface area (Å²) >= 11 is 9.41. The Bertz CT molecular complexity index is 1140. The number of halogens is 1. The molecule has 0 bridgehead atoms. The van der Waals surface area contributed by atoms with Gasteiger partial charge < -0.3 is 10.2 Å². The fraction of sp³-hybridized carbons (Fsp3) is 0.259. The van der Waals surface area contributed by atoms with E-state index in [9.17, 15) is 9.59 Å². The van der Waals surface area contributed by atoms with E-state index in [-0.39, 0.29) is 17.2 Å². The molecule has 1 saturated heterocycles. The van der Waals surface area contributed by atoms with Gasteiger partial charge in [-0.2, -0.15) is 11.8 Å². The Morgan fingerprint density at radius 3 is 2.56 bits per heavy atom. The van der Waals surface area contributed by atoms with Gasteiger partial charge in [-0.25, -0.2) is 0 Å². The predicted molar refractivity (Wildman–Crippen MR) is 143 cm³/mol. The van der Waals surface area contributed by atoms with Gasteiger partial charge in [0.15, 0.2) is 0 Å². The third-order valence-corrected chi connectivity index (χ3v) is 8.26. The van der Waals surface area contributed by atoms with Crippen molar-refractivity contribution in [3.8, 4) is 0 Å². The molecular formula is C27H27ClN2O2S2. The molecule has 1 heterocycles.